The van der Waals surface area contributed by atoms with Crippen molar-refractivity contribution in [2.75, 3.05) is 13.2 Å². The molecule has 2 aromatic rings. The summed E-state index contributed by atoms with van der Waals surface area (Å²) in [6.45, 7) is 2.17. The second-order valence-corrected chi connectivity index (χ2v) is 8.05. The molecule has 6 heteroatoms. The van der Waals surface area contributed by atoms with Crippen LogP contribution >= 0.6 is 0 Å². The molecule has 0 aromatic carbocycles. The van der Waals surface area contributed by atoms with Crippen molar-refractivity contribution in [3.05, 3.63) is 61.2 Å². The van der Waals surface area contributed by atoms with E-state index in [1.807, 2.05) is 58.2 Å². The van der Waals surface area contributed by atoms with Crippen LogP contribution < -0.4 is 9.13 Å². The van der Waals surface area contributed by atoms with Gasteiger partial charge in [-0.05, 0) is 49.7 Å². The minimum atomic E-state index is -0.146. The summed E-state index contributed by atoms with van der Waals surface area (Å²) in [6, 6.07) is 8.17. The third kappa shape index (κ3) is 8.61. The molecule has 0 saturated carbocycles. The zero-order chi connectivity index (χ0) is 22.4. The summed E-state index contributed by atoms with van der Waals surface area (Å²) < 4.78 is 14.7. The Bertz CT molecular complexity index is 802. The number of pyridine rings is 2. The van der Waals surface area contributed by atoms with Crippen molar-refractivity contribution in [1.29, 1.82) is 0 Å². The lowest BCUT2D eigenvalue weighted by Crippen LogP contribution is -2.34. The van der Waals surface area contributed by atoms with Crippen LogP contribution in [0.25, 0.3) is 11.1 Å². The SMILES string of the molecule is O=C1CC[n+]2ccc(cc2)-c2cc[n+](cc2)CCC(=O)OCCCCC=CCCCCO1. The molecular formula is C26H34N2O4+2. The highest BCUT2D eigenvalue weighted by Crippen LogP contribution is 2.15. The number of ether oxygens (including phenoxy) is 2. The summed E-state index contributed by atoms with van der Waals surface area (Å²) in [5.41, 5.74) is 2.21. The maximum Gasteiger partial charge on any atom is 0.312 e. The molecule has 0 atom stereocenters. The Balaban J connectivity index is 1.58. The van der Waals surface area contributed by atoms with Crippen molar-refractivity contribution >= 4 is 11.9 Å². The summed E-state index contributed by atoms with van der Waals surface area (Å²) in [7, 11) is 0. The molecule has 32 heavy (non-hydrogen) atoms. The molecule has 0 N–H and O–H groups in total. The number of fused-ring (bicyclic) bond motifs is 2. The Kier molecular flexibility index (Phi) is 9.90. The van der Waals surface area contributed by atoms with Crippen LogP contribution in [0.5, 0.6) is 0 Å². The van der Waals surface area contributed by atoms with E-state index >= 15 is 0 Å². The van der Waals surface area contributed by atoms with Crippen molar-refractivity contribution in [2.24, 2.45) is 0 Å². The molecule has 4 bridgehead atoms. The normalized spacial score (nSPS) is 17.6. The fraction of sp³-hybridized carbons (Fsp3) is 0.462. The molecule has 5 heterocycles. The molecule has 0 fully saturated rings. The zero-order valence-electron chi connectivity index (χ0n) is 18.8. The largest absolute Gasteiger partial charge is 0.465 e. The van der Waals surface area contributed by atoms with E-state index < -0.39 is 0 Å². The Morgan fingerprint density at radius 2 is 1.00 bits per heavy atom. The second-order valence-electron chi connectivity index (χ2n) is 8.05. The number of esters is 2. The highest BCUT2D eigenvalue weighted by atomic mass is 16.5. The van der Waals surface area contributed by atoms with Gasteiger partial charge in [0.15, 0.2) is 37.9 Å². The van der Waals surface area contributed by atoms with E-state index in [-0.39, 0.29) is 11.9 Å². The zero-order valence-corrected chi connectivity index (χ0v) is 18.8. The van der Waals surface area contributed by atoms with Crippen LogP contribution in [0.3, 0.4) is 0 Å². The van der Waals surface area contributed by atoms with Crippen LogP contribution in [0.15, 0.2) is 61.2 Å². The predicted octanol–water partition coefficient (Wildman–Crippen LogP) is 3.71. The molecule has 0 saturated heterocycles. The van der Waals surface area contributed by atoms with Gasteiger partial charge >= 0.3 is 11.9 Å². The summed E-state index contributed by atoms with van der Waals surface area (Å²) in [4.78, 5) is 23.9. The number of carbonyl (C=O) groups is 2. The molecule has 3 aliphatic heterocycles. The third-order valence-corrected chi connectivity index (χ3v) is 5.49. The third-order valence-electron chi connectivity index (χ3n) is 5.49. The quantitative estimate of drug-likeness (QED) is 0.357. The van der Waals surface area contributed by atoms with Gasteiger partial charge in [-0.15, -0.1) is 0 Å². The van der Waals surface area contributed by atoms with E-state index in [1.54, 1.807) is 0 Å². The summed E-state index contributed by atoms with van der Waals surface area (Å²) in [6.07, 6.45) is 18.8. The van der Waals surface area contributed by atoms with Crippen molar-refractivity contribution in [1.82, 2.24) is 0 Å². The van der Waals surface area contributed by atoms with E-state index in [9.17, 15) is 9.59 Å². The average Bonchev–Trinajstić information content (AvgIpc) is 2.82. The number of nitrogens with zero attached hydrogens (tertiary/aromatic N) is 2. The first-order valence-electron chi connectivity index (χ1n) is 11.7. The van der Waals surface area contributed by atoms with Crippen molar-refractivity contribution in [2.45, 2.75) is 64.5 Å². The lowest BCUT2D eigenvalue weighted by molar-refractivity contribution is -0.696. The van der Waals surface area contributed by atoms with Crippen molar-refractivity contribution in [3.63, 3.8) is 0 Å². The molecule has 0 aliphatic carbocycles. The van der Waals surface area contributed by atoms with Crippen LogP contribution in [0.1, 0.15) is 51.4 Å². The predicted molar refractivity (Wildman–Crippen MR) is 120 cm³/mol. The van der Waals surface area contributed by atoms with E-state index in [0.29, 0.717) is 39.1 Å². The lowest BCUT2D eigenvalue weighted by Gasteiger charge is -2.05. The van der Waals surface area contributed by atoms with Gasteiger partial charge in [-0.1, -0.05) is 12.2 Å². The first-order valence-corrected chi connectivity index (χ1v) is 11.7. The lowest BCUT2D eigenvalue weighted by atomic mass is 10.1. The molecule has 0 amide bonds. The van der Waals surface area contributed by atoms with Gasteiger partial charge in [-0.3, -0.25) is 9.59 Å². The molecule has 0 unspecified atom stereocenters. The van der Waals surface area contributed by atoms with Crippen molar-refractivity contribution in [3.8, 4) is 11.1 Å². The monoisotopic (exact) mass is 438 g/mol. The van der Waals surface area contributed by atoms with E-state index in [0.717, 1.165) is 49.7 Å². The molecule has 0 radical (unpaired) electrons. The number of allylic oxidation sites excluding steroid dienone is 2. The van der Waals surface area contributed by atoms with Gasteiger partial charge < -0.3 is 9.47 Å². The summed E-state index contributed by atoms with van der Waals surface area (Å²) in [5.74, 6) is -0.293. The van der Waals surface area contributed by atoms with Crippen molar-refractivity contribution < 1.29 is 28.2 Å². The van der Waals surface area contributed by atoms with Crippen LogP contribution in [0, 0.1) is 0 Å². The molecule has 0 spiro atoms. The average molecular weight is 439 g/mol. The fourth-order valence-electron chi connectivity index (χ4n) is 3.52. The standard InChI is InChI=1S/C26H34N2O4/c29-25-13-19-27-15-9-23(10-16-27)24-11-17-28(18-12-24)20-14-26(30)32-22-8-6-4-2-1-3-5-7-21-31-25/h1-2,9-12,15-18H,3-8,13-14,19-22H2/q+2. The topological polar surface area (TPSA) is 60.4 Å². The maximum atomic E-state index is 12.0. The van der Waals surface area contributed by atoms with Gasteiger partial charge in [-0.25, -0.2) is 9.13 Å². The van der Waals surface area contributed by atoms with E-state index in [1.165, 1.54) is 0 Å². The summed E-state index contributed by atoms with van der Waals surface area (Å²) >= 11 is 0. The van der Waals surface area contributed by atoms with Crippen LogP contribution in [-0.4, -0.2) is 25.2 Å². The minimum absolute atomic E-state index is 0.146. The number of rotatable bonds is 0. The highest BCUT2D eigenvalue weighted by molar-refractivity contribution is 5.69. The van der Waals surface area contributed by atoms with Gasteiger partial charge in [-0.2, -0.15) is 0 Å². The van der Waals surface area contributed by atoms with E-state index in [2.05, 4.69) is 12.2 Å². The van der Waals surface area contributed by atoms with Gasteiger partial charge in [0.2, 0.25) is 0 Å². The number of hydrogen-bond donors (Lipinski definition) is 0. The molecule has 5 rings (SSSR count). The number of hydrogen-bond acceptors (Lipinski definition) is 4. The summed E-state index contributed by atoms with van der Waals surface area (Å²) in [5, 5.41) is 0. The number of carbonyl (C=O) groups excluding carboxylic acids is 2. The molecular weight excluding hydrogens is 404 g/mol. The maximum absolute atomic E-state index is 12.0. The van der Waals surface area contributed by atoms with Gasteiger partial charge in [0.25, 0.3) is 0 Å². The number of aryl methyl sites for hydroxylation is 2. The van der Waals surface area contributed by atoms with Gasteiger partial charge in [0.05, 0.1) is 13.2 Å². The smallest absolute Gasteiger partial charge is 0.312 e. The first-order chi connectivity index (χ1) is 15.7. The Labute approximate surface area is 190 Å². The van der Waals surface area contributed by atoms with Crippen LogP contribution in [0.2, 0.25) is 0 Å². The molecule has 6 nitrogen and oxygen atoms in total. The van der Waals surface area contributed by atoms with Crippen LogP contribution in [-0.2, 0) is 32.2 Å². The Morgan fingerprint density at radius 1 is 0.594 bits per heavy atom. The molecule has 2 aromatic heterocycles. The Hall–Kier alpha value is -3.02. The second kappa shape index (κ2) is 13.4. The molecule has 170 valence electrons. The highest BCUT2D eigenvalue weighted by Gasteiger charge is 2.11. The fourth-order valence-corrected chi connectivity index (χ4v) is 3.52. The van der Waals surface area contributed by atoms with Gasteiger partial charge in [0.1, 0.15) is 12.8 Å². The Morgan fingerprint density at radius 3 is 1.41 bits per heavy atom. The van der Waals surface area contributed by atoms with Gasteiger partial charge in [0, 0.05) is 24.3 Å². The first kappa shape index (κ1) is 23.6. The van der Waals surface area contributed by atoms with E-state index in [4.69, 9.17) is 9.47 Å². The van der Waals surface area contributed by atoms with Crippen LogP contribution in [0.4, 0.5) is 0 Å². The number of aromatic nitrogens is 2. The minimum Gasteiger partial charge on any atom is -0.465 e. The molecule has 3 aliphatic rings.